The van der Waals surface area contributed by atoms with Crippen molar-refractivity contribution in [2.24, 2.45) is 0 Å². The maximum absolute atomic E-state index is 11.4. The van der Waals surface area contributed by atoms with E-state index in [4.69, 9.17) is 4.74 Å². The predicted octanol–water partition coefficient (Wildman–Crippen LogP) is 1.78. The Hall–Kier alpha value is -1.58. The van der Waals surface area contributed by atoms with Gasteiger partial charge in [0.25, 0.3) is 0 Å². The summed E-state index contributed by atoms with van der Waals surface area (Å²) in [4.78, 5) is 17.6. The normalized spacial score (nSPS) is 9.94. The highest BCUT2D eigenvalue weighted by molar-refractivity contribution is 5.75. The first-order valence-electron chi connectivity index (χ1n) is 5.51. The highest BCUT2D eigenvalue weighted by Gasteiger charge is 2.11. The van der Waals surface area contributed by atoms with Gasteiger partial charge in [-0.15, -0.1) is 0 Å². The lowest BCUT2D eigenvalue weighted by Gasteiger charge is -2.20. The smallest absolute Gasteiger partial charge is 0.325 e. The molecule has 0 unspecified atom stereocenters. The molecule has 0 saturated carbocycles. The minimum atomic E-state index is -0.215. The number of hydrogen-bond donors (Lipinski definition) is 0. The summed E-state index contributed by atoms with van der Waals surface area (Å²) < 4.78 is 4.92. The summed E-state index contributed by atoms with van der Waals surface area (Å²) in [5, 5.41) is 0. The highest BCUT2D eigenvalue weighted by atomic mass is 16.5. The molecule has 0 spiro atoms. The molecule has 0 N–H and O–H groups in total. The van der Waals surface area contributed by atoms with E-state index >= 15 is 0 Å². The quantitative estimate of drug-likeness (QED) is 0.712. The van der Waals surface area contributed by atoms with Gasteiger partial charge in [-0.05, 0) is 32.9 Å². The van der Waals surface area contributed by atoms with Gasteiger partial charge in [0, 0.05) is 12.2 Å². The van der Waals surface area contributed by atoms with Gasteiger partial charge in [-0.2, -0.15) is 0 Å². The van der Waals surface area contributed by atoms with Crippen molar-refractivity contribution in [3.8, 4) is 0 Å². The molecule has 0 fully saturated rings. The lowest BCUT2D eigenvalue weighted by Crippen LogP contribution is -2.31. The zero-order chi connectivity index (χ0) is 12.0. The van der Waals surface area contributed by atoms with Crippen LogP contribution >= 0.6 is 0 Å². The van der Waals surface area contributed by atoms with Gasteiger partial charge in [0.2, 0.25) is 0 Å². The number of aryl methyl sites for hydroxylation is 1. The molecule has 1 heterocycles. The average Bonchev–Trinajstić information content (AvgIpc) is 2.26. The van der Waals surface area contributed by atoms with Crippen molar-refractivity contribution in [2.45, 2.75) is 20.8 Å². The van der Waals surface area contributed by atoms with Crippen LogP contribution in [0, 0.1) is 6.92 Å². The second-order valence-corrected chi connectivity index (χ2v) is 3.46. The minimum Gasteiger partial charge on any atom is -0.465 e. The van der Waals surface area contributed by atoms with E-state index in [1.807, 2.05) is 36.9 Å². The zero-order valence-corrected chi connectivity index (χ0v) is 10.1. The molecule has 0 saturated heterocycles. The van der Waals surface area contributed by atoms with Crippen LogP contribution in [0.3, 0.4) is 0 Å². The minimum absolute atomic E-state index is 0.215. The van der Waals surface area contributed by atoms with Crippen molar-refractivity contribution in [3.63, 3.8) is 0 Å². The topological polar surface area (TPSA) is 42.4 Å². The van der Waals surface area contributed by atoms with E-state index in [0.717, 1.165) is 18.1 Å². The van der Waals surface area contributed by atoms with Gasteiger partial charge in [0.1, 0.15) is 12.4 Å². The summed E-state index contributed by atoms with van der Waals surface area (Å²) >= 11 is 0. The number of hydrogen-bond acceptors (Lipinski definition) is 4. The van der Waals surface area contributed by atoms with Gasteiger partial charge < -0.3 is 9.64 Å². The summed E-state index contributed by atoms with van der Waals surface area (Å²) in [5.74, 6) is 0.600. The molecule has 16 heavy (non-hydrogen) atoms. The summed E-state index contributed by atoms with van der Waals surface area (Å²) in [6.45, 7) is 7.12. The fourth-order valence-corrected chi connectivity index (χ4v) is 1.42. The first-order chi connectivity index (χ1) is 7.67. The van der Waals surface area contributed by atoms with Gasteiger partial charge in [-0.25, -0.2) is 4.98 Å². The molecule has 1 aromatic rings. The number of aromatic nitrogens is 1. The highest BCUT2D eigenvalue weighted by Crippen LogP contribution is 2.10. The van der Waals surface area contributed by atoms with Gasteiger partial charge in [-0.3, -0.25) is 4.79 Å². The Morgan fingerprint density at radius 2 is 2.19 bits per heavy atom. The predicted molar refractivity (Wildman–Crippen MR) is 63.5 cm³/mol. The number of anilines is 1. The van der Waals surface area contributed by atoms with E-state index < -0.39 is 0 Å². The lowest BCUT2D eigenvalue weighted by atomic mass is 10.3. The van der Waals surface area contributed by atoms with Crippen LogP contribution in [0.25, 0.3) is 0 Å². The number of carbonyl (C=O) groups excluding carboxylic acids is 1. The van der Waals surface area contributed by atoms with Crippen molar-refractivity contribution in [1.82, 2.24) is 4.98 Å². The largest absolute Gasteiger partial charge is 0.465 e. The molecule has 0 aliphatic heterocycles. The average molecular weight is 222 g/mol. The fraction of sp³-hybridized carbons (Fsp3) is 0.500. The first kappa shape index (κ1) is 12.5. The van der Waals surface area contributed by atoms with Crippen LogP contribution in [0.1, 0.15) is 19.5 Å². The van der Waals surface area contributed by atoms with Crippen LogP contribution in [0.4, 0.5) is 5.82 Å². The van der Waals surface area contributed by atoms with Crippen LogP contribution in [0.2, 0.25) is 0 Å². The molecular formula is C12H18N2O2. The molecule has 0 bridgehead atoms. The van der Waals surface area contributed by atoms with Crippen molar-refractivity contribution in [1.29, 1.82) is 0 Å². The molecule has 4 nitrogen and oxygen atoms in total. The first-order valence-corrected chi connectivity index (χ1v) is 5.51. The molecule has 0 radical (unpaired) electrons. The molecule has 0 aliphatic carbocycles. The summed E-state index contributed by atoms with van der Waals surface area (Å²) in [7, 11) is 0. The van der Waals surface area contributed by atoms with Gasteiger partial charge in [-0.1, -0.05) is 6.07 Å². The van der Waals surface area contributed by atoms with Gasteiger partial charge in [0.15, 0.2) is 0 Å². The van der Waals surface area contributed by atoms with Gasteiger partial charge in [0.05, 0.1) is 6.61 Å². The van der Waals surface area contributed by atoms with Gasteiger partial charge >= 0.3 is 5.97 Å². The second kappa shape index (κ2) is 6.10. The molecule has 0 aromatic carbocycles. The number of rotatable bonds is 5. The Morgan fingerprint density at radius 3 is 2.75 bits per heavy atom. The van der Waals surface area contributed by atoms with Crippen LogP contribution < -0.4 is 4.90 Å². The van der Waals surface area contributed by atoms with Crippen LogP contribution in [0.5, 0.6) is 0 Å². The van der Waals surface area contributed by atoms with Crippen LogP contribution in [0.15, 0.2) is 18.2 Å². The van der Waals surface area contributed by atoms with Crippen LogP contribution in [-0.2, 0) is 9.53 Å². The van der Waals surface area contributed by atoms with E-state index in [1.165, 1.54) is 0 Å². The number of esters is 1. The lowest BCUT2D eigenvalue weighted by molar-refractivity contribution is -0.141. The second-order valence-electron chi connectivity index (χ2n) is 3.46. The third kappa shape index (κ3) is 3.53. The molecular weight excluding hydrogens is 204 g/mol. The molecule has 88 valence electrons. The van der Waals surface area contributed by atoms with E-state index in [-0.39, 0.29) is 12.5 Å². The monoisotopic (exact) mass is 222 g/mol. The van der Waals surface area contributed by atoms with E-state index in [1.54, 1.807) is 6.92 Å². The van der Waals surface area contributed by atoms with Crippen LogP contribution in [-0.4, -0.2) is 30.6 Å². The Bertz CT molecular complexity index is 353. The van der Waals surface area contributed by atoms with E-state index in [0.29, 0.717) is 6.61 Å². The molecule has 4 heteroatoms. The number of nitrogens with zero attached hydrogens (tertiary/aromatic N) is 2. The Balaban J connectivity index is 2.70. The fourth-order valence-electron chi connectivity index (χ4n) is 1.42. The molecule has 0 aliphatic rings. The maximum atomic E-state index is 11.4. The molecule has 0 atom stereocenters. The zero-order valence-electron chi connectivity index (χ0n) is 10.1. The van der Waals surface area contributed by atoms with E-state index in [2.05, 4.69) is 4.98 Å². The Labute approximate surface area is 96.2 Å². The summed E-state index contributed by atoms with van der Waals surface area (Å²) in [6, 6.07) is 5.77. The molecule has 0 amide bonds. The maximum Gasteiger partial charge on any atom is 0.325 e. The summed E-state index contributed by atoms with van der Waals surface area (Å²) in [5.41, 5.74) is 0.944. The standard InChI is InChI=1S/C12H18N2O2/c1-4-14(9-12(15)16-5-2)11-8-6-7-10(3)13-11/h6-8H,4-5,9H2,1-3H3. The number of pyridine rings is 1. The summed E-state index contributed by atoms with van der Waals surface area (Å²) in [6.07, 6.45) is 0. The van der Waals surface area contributed by atoms with Crippen molar-refractivity contribution in [3.05, 3.63) is 23.9 Å². The SMILES string of the molecule is CCOC(=O)CN(CC)c1cccc(C)n1. The van der Waals surface area contributed by atoms with Crippen molar-refractivity contribution < 1.29 is 9.53 Å². The Morgan fingerprint density at radius 1 is 1.44 bits per heavy atom. The number of likely N-dealkylation sites (N-methyl/N-ethyl adjacent to an activating group) is 1. The van der Waals surface area contributed by atoms with Crippen molar-refractivity contribution >= 4 is 11.8 Å². The third-order valence-electron chi connectivity index (χ3n) is 2.20. The van der Waals surface area contributed by atoms with Crippen molar-refractivity contribution in [2.75, 3.05) is 24.6 Å². The molecule has 1 rings (SSSR count). The Kier molecular flexibility index (Phi) is 4.76. The third-order valence-corrected chi connectivity index (χ3v) is 2.20. The van der Waals surface area contributed by atoms with E-state index in [9.17, 15) is 4.79 Å². The molecule has 1 aromatic heterocycles. The number of ether oxygens (including phenoxy) is 1. The number of carbonyl (C=O) groups is 1.